The Hall–Kier alpha value is -6.35. The van der Waals surface area contributed by atoms with Crippen LogP contribution in [0.4, 0.5) is 5.69 Å². The van der Waals surface area contributed by atoms with Gasteiger partial charge in [0.15, 0.2) is 28.8 Å². The zero-order chi connectivity index (χ0) is 35.9. The fraction of sp³-hybridized carbons (Fsp3) is 0.205. The molecule has 3 aliphatic heterocycles. The van der Waals surface area contributed by atoms with Crippen LogP contribution in [0.15, 0.2) is 121 Å². The fourth-order valence-corrected chi connectivity index (χ4v) is 9.39. The Morgan fingerprint density at radius 3 is 1.55 bits per heavy atom. The van der Waals surface area contributed by atoms with Crippen molar-refractivity contribution in [3.05, 3.63) is 144 Å². The van der Waals surface area contributed by atoms with Crippen LogP contribution in [0.25, 0.3) is 11.1 Å². The van der Waals surface area contributed by atoms with E-state index in [0.29, 0.717) is 74.4 Å². The molecule has 262 valence electrons. The molecule has 2 aliphatic carbocycles. The second-order valence-electron chi connectivity index (χ2n) is 13.9. The van der Waals surface area contributed by atoms with Crippen LogP contribution in [0, 0.1) is 11.8 Å². The lowest BCUT2D eigenvalue weighted by molar-refractivity contribution is -0.130. The number of imide groups is 1. The van der Waals surface area contributed by atoms with Crippen molar-refractivity contribution in [1.29, 1.82) is 0 Å². The third-order valence-electron chi connectivity index (χ3n) is 11.3. The number of fused-ring (bicyclic) bond motifs is 7. The molecule has 1 saturated carbocycles. The zero-order valence-electron chi connectivity index (χ0n) is 28.7. The van der Waals surface area contributed by atoms with Crippen LogP contribution in [0.3, 0.4) is 0 Å². The van der Waals surface area contributed by atoms with Crippen LogP contribution in [0.1, 0.15) is 35.6 Å². The molecule has 5 aromatic rings. The number of ketones is 1. The Morgan fingerprint density at radius 2 is 1.08 bits per heavy atom. The Bertz CT molecular complexity index is 2230. The van der Waals surface area contributed by atoms with E-state index in [-0.39, 0.29) is 19.4 Å². The van der Waals surface area contributed by atoms with E-state index < -0.39 is 34.5 Å². The first-order valence-corrected chi connectivity index (χ1v) is 17.8. The third kappa shape index (κ3) is 4.10. The van der Waals surface area contributed by atoms with E-state index in [1.54, 1.807) is 24.3 Å². The fourth-order valence-electron chi connectivity index (χ4n) is 9.39. The summed E-state index contributed by atoms with van der Waals surface area (Å²) in [6.45, 7) is 2.71. The summed E-state index contributed by atoms with van der Waals surface area (Å²) in [5.74, 6) is -0.343. The van der Waals surface area contributed by atoms with Crippen molar-refractivity contribution in [3.63, 3.8) is 0 Å². The minimum atomic E-state index is -1.58. The maximum absolute atomic E-state index is 16.2. The Kier molecular flexibility index (Phi) is 6.86. The molecule has 9 nitrogen and oxygen atoms in total. The smallest absolute Gasteiger partial charge is 0.239 e. The summed E-state index contributed by atoms with van der Waals surface area (Å²) in [4.78, 5) is 48.2. The van der Waals surface area contributed by atoms with Gasteiger partial charge in [0.1, 0.15) is 5.75 Å². The van der Waals surface area contributed by atoms with Crippen molar-refractivity contribution < 1.29 is 38.1 Å². The number of rotatable bonds is 8. The van der Waals surface area contributed by atoms with Gasteiger partial charge in [0.2, 0.25) is 25.4 Å². The molecular formula is C44H33NO8. The molecule has 0 N–H and O–H groups in total. The first-order chi connectivity index (χ1) is 26.0. The second kappa shape index (κ2) is 11.6. The van der Waals surface area contributed by atoms with E-state index in [1.165, 1.54) is 4.90 Å². The normalized spacial score (nSPS) is 24.7. The summed E-state index contributed by atoms with van der Waals surface area (Å²) in [5.41, 5.74) is 1.19. The van der Waals surface area contributed by atoms with Gasteiger partial charge in [-0.1, -0.05) is 79.7 Å². The predicted octanol–water partition coefficient (Wildman–Crippen LogP) is 7.12. The minimum Gasteiger partial charge on any atom is -0.494 e. The summed E-state index contributed by atoms with van der Waals surface area (Å²) in [7, 11) is 0. The monoisotopic (exact) mass is 703 g/mol. The summed E-state index contributed by atoms with van der Waals surface area (Å²) in [5, 5.41) is 0. The summed E-state index contributed by atoms with van der Waals surface area (Å²) in [6.07, 6.45) is 0.843. The number of carbonyl (C=O) groups excluding carboxylic acids is 3. The van der Waals surface area contributed by atoms with E-state index in [4.69, 9.17) is 23.7 Å². The molecule has 1 saturated heterocycles. The molecule has 0 radical (unpaired) electrons. The van der Waals surface area contributed by atoms with Gasteiger partial charge in [-0.15, -0.1) is 0 Å². The van der Waals surface area contributed by atoms with Gasteiger partial charge in [0, 0.05) is 0 Å². The highest BCUT2D eigenvalue weighted by molar-refractivity contribution is 6.39. The first-order valence-electron chi connectivity index (χ1n) is 17.8. The quantitative estimate of drug-likeness (QED) is 0.158. The van der Waals surface area contributed by atoms with Crippen molar-refractivity contribution in [2.45, 2.75) is 24.2 Å². The first kappa shape index (κ1) is 31.4. The molecule has 2 amide bonds. The topological polar surface area (TPSA) is 101 Å². The molecule has 5 aromatic carbocycles. The largest absolute Gasteiger partial charge is 0.494 e. The number of amides is 2. The highest BCUT2D eigenvalue weighted by Crippen LogP contribution is 2.74. The number of nitrogens with zero attached hydrogens (tertiary/aromatic N) is 1. The van der Waals surface area contributed by atoms with E-state index in [9.17, 15) is 0 Å². The van der Waals surface area contributed by atoms with Gasteiger partial charge in [-0.05, 0) is 88.4 Å². The maximum atomic E-state index is 16.2. The number of anilines is 1. The van der Waals surface area contributed by atoms with E-state index in [2.05, 4.69) is 0 Å². The molecular weight excluding hydrogens is 670 g/mol. The zero-order valence-corrected chi connectivity index (χ0v) is 28.7. The molecule has 5 aliphatic rings. The third-order valence-corrected chi connectivity index (χ3v) is 11.3. The second-order valence-corrected chi connectivity index (χ2v) is 13.9. The average molecular weight is 704 g/mol. The van der Waals surface area contributed by atoms with Crippen LogP contribution >= 0.6 is 0 Å². The molecule has 0 aromatic heterocycles. The lowest BCUT2D eigenvalue weighted by Crippen LogP contribution is -2.45. The van der Waals surface area contributed by atoms with Gasteiger partial charge in [-0.25, -0.2) is 4.90 Å². The van der Waals surface area contributed by atoms with E-state index >= 15 is 14.4 Å². The molecule has 2 bridgehead atoms. The molecule has 0 spiro atoms. The lowest BCUT2D eigenvalue weighted by atomic mass is 9.59. The minimum absolute atomic E-state index is 0.0679. The van der Waals surface area contributed by atoms with Gasteiger partial charge < -0.3 is 23.7 Å². The number of ether oxygens (including phenoxy) is 5. The summed E-state index contributed by atoms with van der Waals surface area (Å²) < 4.78 is 29.0. The molecule has 4 atom stereocenters. The van der Waals surface area contributed by atoms with Gasteiger partial charge in [-0.3, -0.25) is 14.4 Å². The number of allylic oxidation sites excluding steroid dienone is 2. The molecule has 2 fully saturated rings. The molecule has 53 heavy (non-hydrogen) atoms. The van der Waals surface area contributed by atoms with Gasteiger partial charge >= 0.3 is 0 Å². The molecule has 0 unspecified atom stereocenters. The van der Waals surface area contributed by atoms with Crippen LogP contribution < -0.4 is 28.6 Å². The number of hydrogen-bond acceptors (Lipinski definition) is 8. The number of hydrogen-bond donors (Lipinski definition) is 0. The lowest BCUT2D eigenvalue weighted by Gasteiger charge is -2.39. The van der Waals surface area contributed by atoms with Crippen molar-refractivity contribution in [3.8, 4) is 28.7 Å². The van der Waals surface area contributed by atoms with Crippen LogP contribution in [-0.4, -0.2) is 37.8 Å². The Balaban J connectivity index is 1.31. The Labute approximate surface area is 305 Å². The maximum Gasteiger partial charge on any atom is 0.239 e. The standard InChI is InChI=1S/C44H33NO8/c1-2-21-49-31-17-15-30(16-18-31)45-40(46)38-39(41(45)47)44(29-11-7-4-8-12-29)37(27-14-20-33-35(23-27)53-25-51-33)36(26-13-19-32-34(22-26)52-24-50-32)43(38,42(44)48)28-9-5-3-6-10-28/h3-20,22-23,38-39H,2,21,24-25H2,1H3/t38-,39+,43-,44-/m0/s1. The van der Waals surface area contributed by atoms with E-state index in [1.807, 2.05) is 104 Å². The van der Waals surface area contributed by atoms with Gasteiger partial charge in [0.25, 0.3) is 0 Å². The highest BCUT2D eigenvalue weighted by Gasteiger charge is 2.82. The molecule has 3 heterocycles. The van der Waals surface area contributed by atoms with Crippen molar-refractivity contribution in [2.24, 2.45) is 11.8 Å². The van der Waals surface area contributed by atoms with Crippen LogP contribution in [0.2, 0.25) is 0 Å². The number of benzene rings is 5. The number of carbonyl (C=O) groups is 3. The number of Topliss-reactive ketones (excluding diaryl/α,β-unsaturated/α-hetero) is 1. The van der Waals surface area contributed by atoms with Crippen molar-refractivity contribution >= 4 is 34.4 Å². The summed E-state index contributed by atoms with van der Waals surface area (Å²) in [6, 6.07) is 37.1. The highest BCUT2D eigenvalue weighted by atomic mass is 16.7. The SMILES string of the molecule is CCCOc1ccc(N2C(=O)[C@@H]3[C@H](C2=O)[C@@]2(c4ccccc4)C(=O)[C@@]3(c3ccccc3)C(c3ccc4c(c3)OCO4)=C2c2ccc3c(c2)OCO3)cc1. The van der Waals surface area contributed by atoms with Crippen molar-refractivity contribution in [2.75, 3.05) is 25.1 Å². The molecule has 9 heteroatoms. The van der Waals surface area contributed by atoms with E-state index in [0.717, 1.165) is 6.42 Å². The van der Waals surface area contributed by atoms with Gasteiger partial charge in [-0.2, -0.15) is 0 Å². The molecule has 10 rings (SSSR count). The van der Waals surface area contributed by atoms with Gasteiger partial charge in [0.05, 0.1) is 35.0 Å². The predicted molar refractivity (Wildman–Crippen MR) is 195 cm³/mol. The average Bonchev–Trinajstić information content (AvgIpc) is 4.01. The Morgan fingerprint density at radius 1 is 0.604 bits per heavy atom. The van der Waals surface area contributed by atoms with Crippen LogP contribution in [-0.2, 0) is 25.2 Å². The summed E-state index contributed by atoms with van der Waals surface area (Å²) >= 11 is 0. The van der Waals surface area contributed by atoms with Crippen LogP contribution in [0.5, 0.6) is 28.7 Å². The van der Waals surface area contributed by atoms with Crippen molar-refractivity contribution in [1.82, 2.24) is 0 Å².